The first-order valence-corrected chi connectivity index (χ1v) is 8.38. The van der Waals surface area contributed by atoms with Gasteiger partial charge in [-0.25, -0.2) is 0 Å². The van der Waals surface area contributed by atoms with Crippen LogP contribution in [0.1, 0.15) is 48.4 Å². The van der Waals surface area contributed by atoms with Crippen molar-refractivity contribution in [2.45, 2.75) is 39.0 Å². The van der Waals surface area contributed by atoms with E-state index in [4.69, 9.17) is 4.84 Å². The predicted octanol–water partition coefficient (Wildman–Crippen LogP) is 5.22. The Hall–Kier alpha value is -2.83. The Balaban J connectivity index is 1.98. The van der Waals surface area contributed by atoms with Crippen LogP contribution in [0.25, 0.3) is 0 Å². The topological polar surface area (TPSA) is 58.9 Å². The number of aliphatic carboxylic acids is 1. The lowest BCUT2D eigenvalue weighted by molar-refractivity contribution is -0.139. The number of carboxylic acids is 1. The van der Waals surface area contributed by atoms with Gasteiger partial charge < -0.3 is 9.94 Å². The summed E-state index contributed by atoms with van der Waals surface area (Å²) in [5.74, 6) is -1.41. The fourth-order valence-corrected chi connectivity index (χ4v) is 2.56. The molecular weight excluding hydrogens is 359 g/mol. The molecule has 1 N–H and O–H groups in total. The average molecular weight is 379 g/mol. The minimum absolute atomic E-state index is 0.0461. The van der Waals surface area contributed by atoms with Crippen LogP contribution in [-0.4, -0.2) is 16.8 Å². The van der Waals surface area contributed by atoms with Crippen molar-refractivity contribution in [3.63, 3.8) is 0 Å². The largest absolute Gasteiger partial charge is 0.481 e. The van der Waals surface area contributed by atoms with Crippen LogP contribution in [0.4, 0.5) is 13.2 Å². The van der Waals surface area contributed by atoms with Crippen molar-refractivity contribution < 1.29 is 27.9 Å². The molecule has 0 aliphatic heterocycles. The van der Waals surface area contributed by atoms with Crippen LogP contribution in [0.3, 0.4) is 0 Å². The highest BCUT2D eigenvalue weighted by Crippen LogP contribution is 2.29. The standard InChI is InChI=1S/C20H20F3NO3/c1-3-18(19(25)26)16-8-6-15(7-9-16)13(2)24-27-12-14-4-10-17(11-5-14)20(21,22)23/h4-11,18H,3,12H2,1-2H3,(H,25,26)/b24-13+. The Morgan fingerprint density at radius 1 is 1.11 bits per heavy atom. The van der Waals surface area contributed by atoms with Gasteiger partial charge in [0.25, 0.3) is 0 Å². The zero-order valence-electron chi connectivity index (χ0n) is 15.0. The minimum atomic E-state index is -4.36. The summed E-state index contributed by atoms with van der Waals surface area (Å²) in [4.78, 5) is 16.4. The Morgan fingerprint density at radius 3 is 2.19 bits per heavy atom. The van der Waals surface area contributed by atoms with E-state index in [9.17, 15) is 23.1 Å². The summed E-state index contributed by atoms with van der Waals surface area (Å²) in [7, 11) is 0. The molecule has 0 amide bonds. The molecule has 144 valence electrons. The van der Waals surface area contributed by atoms with E-state index in [1.54, 1.807) is 31.2 Å². The van der Waals surface area contributed by atoms with Gasteiger partial charge in [-0.3, -0.25) is 4.79 Å². The highest BCUT2D eigenvalue weighted by Gasteiger charge is 2.29. The first-order chi connectivity index (χ1) is 12.7. The van der Waals surface area contributed by atoms with Gasteiger partial charge in [-0.1, -0.05) is 48.5 Å². The van der Waals surface area contributed by atoms with E-state index in [2.05, 4.69) is 5.16 Å². The minimum Gasteiger partial charge on any atom is -0.481 e. The molecule has 0 spiro atoms. The quantitative estimate of drug-likeness (QED) is 0.530. The predicted molar refractivity (Wildman–Crippen MR) is 95.6 cm³/mol. The van der Waals surface area contributed by atoms with Crippen LogP contribution >= 0.6 is 0 Å². The second-order valence-corrected chi connectivity index (χ2v) is 6.07. The third-order valence-corrected chi connectivity index (χ3v) is 4.15. The Bertz CT molecular complexity index is 797. The van der Waals surface area contributed by atoms with Crippen molar-refractivity contribution in [2.75, 3.05) is 0 Å². The fraction of sp³-hybridized carbons (Fsp3) is 0.300. The van der Waals surface area contributed by atoms with Crippen LogP contribution in [0.5, 0.6) is 0 Å². The summed E-state index contributed by atoms with van der Waals surface area (Å²) >= 11 is 0. The maximum Gasteiger partial charge on any atom is 0.416 e. The van der Waals surface area contributed by atoms with Gasteiger partial charge in [0, 0.05) is 0 Å². The van der Waals surface area contributed by atoms with Gasteiger partial charge >= 0.3 is 12.1 Å². The number of hydrogen-bond donors (Lipinski definition) is 1. The molecule has 0 aromatic heterocycles. The summed E-state index contributed by atoms with van der Waals surface area (Å²) in [5, 5.41) is 13.2. The first-order valence-electron chi connectivity index (χ1n) is 8.38. The number of nitrogens with zero attached hydrogens (tertiary/aromatic N) is 1. The second kappa shape index (κ2) is 8.70. The highest BCUT2D eigenvalue weighted by molar-refractivity contribution is 5.98. The molecular formula is C20H20F3NO3. The van der Waals surface area contributed by atoms with Crippen molar-refractivity contribution in [3.05, 3.63) is 70.8 Å². The number of alkyl halides is 3. The molecule has 0 fully saturated rings. The molecule has 27 heavy (non-hydrogen) atoms. The molecule has 0 saturated heterocycles. The van der Waals surface area contributed by atoms with Crippen LogP contribution in [0, 0.1) is 0 Å². The van der Waals surface area contributed by atoms with Gasteiger partial charge in [0.15, 0.2) is 0 Å². The molecule has 0 heterocycles. The second-order valence-electron chi connectivity index (χ2n) is 6.07. The number of benzene rings is 2. The van der Waals surface area contributed by atoms with Crippen LogP contribution in [-0.2, 0) is 22.4 Å². The smallest absolute Gasteiger partial charge is 0.416 e. The van der Waals surface area contributed by atoms with Crippen molar-refractivity contribution >= 4 is 11.7 Å². The van der Waals surface area contributed by atoms with Crippen LogP contribution in [0.15, 0.2) is 53.7 Å². The molecule has 2 aromatic carbocycles. The normalized spacial score (nSPS) is 13.3. The van der Waals surface area contributed by atoms with E-state index in [0.717, 1.165) is 17.7 Å². The summed E-state index contributed by atoms with van der Waals surface area (Å²) in [6.45, 7) is 3.59. The van der Waals surface area contributed by atoms with Crippen molar-refractivity contribution in [3.8, 4) is 0 Å². The van der Waals surface area contributed by atoms with Crippen molar-refractivity contribution in [1.29, 1.82) is 0 Å². The van der Waals surface area contributed by atoms with Gasteiger partial charge in [-0.15, -0.1) is 0 Å². The Kier molecular flexibility index (Phi) is 6.60. The zero-order chi connectivity index (χ0) is 20.0. The van der Waals surface area contributed by atoms with Gasteiger partial charge in [0.05, 0.1) is 17.2 Å². The fourth-order valence-electron chi connectivity index (χ4n) is 2.56. The van der Waals surface area contributed by atoms with Crippen molar-refractivity contribution in [1.82, 2.24) is 0 Å². The number of rotatable bonds is 7. The summed E-state index contributed by atoms with van der Waals surface area (Å²) < 4.78 is 37.6. The molecule has 0 aliphatic rings. The molecule has 2 rings (SSSR count). The van der Waals surface area contributed by atoms with Crippen LogP contribution < -0.4 is 0 Å². The number of carboxylic acid groups (broad SMARTS) is 1. The first kappa shape index (κ1) is 20.5. The van der Waals surface area contributed by atoms with Gasteiger partial charge in [-0.05, 0) is 42.2 Å². The van der Waals surface area contributed by atoms with Gasteiger partial charge in [0.2, 0.25) is 0 Å². The molecule has 7 heteroatoms. The summed E-state index contributed by atoms with van der Waals surface area (Å²) in [5.41, 5.74) is 1.93. The molecule has 2 aromatic rings. The van der Waals surface area contributed by atoms with E-state index < -0.39 is 23.6 Å². The van der Waals surface area contributed by atoms with Gasteiger partial charge in [0.1, 0.15) is 6.61 Å². The highest BCUT2D eigenvalue weighted by atomic mass is 19.4. The summed E-state index contributed by atoms with van der Waals surface area (Å²) in [6.07, 6.45) is -3.87. The van der Waals surface area contributed by atoms with E-state index in [1.807, 2.05) is 6.92 Å². The zero-order valence-corrected chi connectivity index (χ0v) is 15.0. The van der Waals surface area contributed by atoms with Crippen LogP contribution in [0.2, 0.25) is 0 Å². The number of oxime groups is 1. The average Bonchev–Trinajstić information content (AvgIpc) is 2.62. The third kappa shape index (κ3) is 5.57. The lowest BCUT2D eigenvalue weighted by Gasteiger charge is -2.11. The molecule has 0 bridgehead atoms. The molecule has 0 aliphatic carbocycles. The SMILES string of the molecule is CCC(C(=O)O)c1ccc(/C(C)=N/OCc2ccc(C(F)(F)F)cc2)cc1. The summed E-state index contributed by atoms with van der Waals surface area (Å²) in [6, 6.07) is 11.7. The van der Waals surface area contributed by atoms with Gasteiger partial charge in [-0.2, -0.15) is 13.2 Å². The number of halogens is 3. The maximum absolute atomic E-state index is 12.5. The van der Waals surface area contributed by atoms with Crippen molar-refractivity contribution in [2.24, 2.45) is 5.16 Å². The monoisotopic (exact) mass is 379 g/mol. The molecule has 0 saturated carbocycles. The number of hydrogen-bond acceptors (Lipinski definition) is 3. The third-order valence-electron chi connectivity index (χ3n) is 4.15. The molecule has 1 atom stereocenters. The Labute approximate surface area is 155 Å². The van der Waals surface area contributed by atoms with E-state index in [1.165, 1.54) is 12.1 Å². The molecule has 0 radical (unpaired) electrons. The van der Waals surface area contributed by atoms with E-state index >= 15 is 0 Å². The molecule has 1 unspecified atom stereocenters. The lowest BCUT2D eigenvalue weighted by Crippen LogP contribution is -2.10. The lowest BCUT2D eigenvalue weighted by atomic mass is 9.95. The van der Waals surface area contributed by atoms with E-state index in [0.29, 0.717) is 23.3 Å². The maximum atomic E-state index is 12.5. The Morgan fingerprint density at radius 2 is 1.70 bits per heavy atom. The van der Waals surface area contributed by atoms with E-state index in [-0.39, 0.29) is 6.61 Å². The number of carbonyl (C=O) groups is 1. The molecule has 4 nitrogen and oxygen atoms in total.